The zero-order chi connectivity index (χ0) is 17.3. The molecule has 0 saturated heterocycles. The lowest BCUT2D eigenvalue weighted by atomic mass is 10.1. The number of nitrogens with zero attached hydrogens (tertiary/aromatic N) is 2. The third kappa shape index (κ3) is 3.38. The van der Waals surface area contributed by atoms with Crippen LogP contribution in [0.25, 0.3) is 10.2 Å². The Balaban J connectivity index is 1.91. The Bertz CT molecular complexity index is 901. The fourth-order valence-corrected chi connectivity index (χ4v) is 3.52. The number of aromatic nitrogens is 2. The number of thiophene rings is 1. The summed E-state index contributed by atoms with van der Waals surface area (Å²) in [5.74, 6) is 0.798. The summed E-state index contributed by atoms with van der Waals surface area (Å²) in [7, 11) is 0. The SMILES string of the molecule is Cc1ccnc(NC(=O)c2sc3nc(CC(C)C)ccc3c2N)c1. The molecule has 5 nitrogen and oxygen atoms in total. The average Bonchev–Trinajstić information content (AvgIpc) is 2.83. The van der Waals surface area contributed by atoms with Crippen LogP contribution in [0.1, 0.15) is 34.8 Å². The predicted octanol–water partition coefficient (Wildman–Crippen LogP) is 4.03. The van der Waals surface area contributed by atoms with Crippen LogP contribution in [0.3, 0.4) is 0 Å². The maximum absolute atomic E-state index is 12.5. The second kappa shape index (κ2) is 6.57. The number of nitrogens with one attached hydrogen (secondary N) is 1. The number of hydrogen-bond donors (Lipinski definition) is 2. The van der Waals surface area contributed by atoms with E-state index >= 15 is 0 Å². The van der Waals surface area contributed by atoms with Crippen molar-refractivity contribution in [1.82, 2.24) is 9.97 Å². The van der Waals surface area contributed by atoms with Crippen LogP contribution >= 0.6 is 11.3 Å². The quantitative estimate of drug-likeness (QED) is 0.751. The highest BCUT2D eigenvalue weighted by Gasteiger charge is 2.18. The van der Waals surface area contributed by atoms with Gasteiger partial charge < -0.3 is 11.1 Å². The van der Waals surface area contributed by atoms with Gasteiger partial charge in [0.05, 0.1) is 5.69 Å². The van der Waals surface area contributed by atoms with Crippen molar-refractivity contribution in [1.29, 1.82) is 0 Å². The van der Waals surface area contributed by atoms with Crippen LogP contribution in [0.5, 0.6) is 0 Å². The fraction of sp³-hybridized carbons (Fsp3) is 0.278. The fourth-order valence-electron chi connectivity index (χ4n) is 2.51. The van der Waals surface area contributed by atoms with Gasteiger partial charge in [-0.3, -0.25) is 4.79 Å². The van der Waals surface area contributed by atoms with Crippen molar-refractivity contribution in [2.45, 2.75) is 27.2 Å². The molecule has 0 unspecified atom stereocenters. The highest BCUT2D eigenvalue weighted by molar-refractivity contribution is 7.21. The zero-order valence-electron chi connectivity index (χ0n) is 14.0. The number of fused-ring (bicyclic) bond motifs is 1. The van der Waals surface area contributed by atoms with E-state index in [-0.39, 0.29) is 5.91 Å². The number of rotatable bonds is 4. The van der Waals surface area contributed by atoms with Crippen molar-refractivity contribution >= 4 is 39.0 Å². The molecule has 0 fully saturated rings. The van der Waals surface area contributed by atoms with Gasteiger partial charge in [-0.2, -0.15) is 0 Å². The van der Waals surface area contributed by atoms with Gasteiger partial charge in [0.1, 0.15) is 15.5 Å². The Morgan fingerprint density at radius 3 is 2.83 bits per heavy atom. The molecule has 0 atom stereocenters. The van der Waals surface area contributed by atoms with Gasteiger partial charge in [-0.1, -0.05) is 13.8 Å². The molecule has 1 amide bonds. The number of carbonyl (C=O) groups excluding carboxylic acids is 1. The molecule has 3 rings (SSSR count). The zero-order valence-corrected chi connectivity index (χ0v) is 14.8. The number of nitrogens with two attached hydrogens (primary N) is 1. The van der Waals surface area contributed by atoms with E-state index in [1.54, 1.807) is 6.20 Å². The number of amides is 1. The lowest BCUT2D eigenvalue weighted by Crippen LogP contribution is -2.13. The molecule has 6 heteroatoms. The van der Waals surface area contributed by atoms with Crippen LogP contribution in [-0.4, -0.2) is 15.9 Å². The molecule has 0 bridgehead atoms. The number of hydrogen-bond acceptors (Lipinski definition) is 5. The van der Waals surface area contributed by atoms with E-state index in [0.29, 0.717) is 22.3 Å². The monoisotopic (exact) mass is 340 g/mol. The van der Waals surface area contributed by atoms with Crippen LogP contribution in [-0.2, 0) is 6.42 Å². The number of anilines is 2. The number of nitrogen functional groups attached to an aromatic ring is 1. The van der Waals surface area contributed by atoms with E-state index in [1.165, 1.54) is 11.3 Å². The summed E-state index contributed by atoms with van der Waals surface area (Å²) in [5.41, 5.74) is 8.69. The summed E-state index contributed by atoms with van der Waals surface area (Å²) in [4.78, 5) is 22.6. The first-order valence-corrected chi connectivity index (χ1v) is 8.67. The largest absolute Gasteiger partial charge is 0.397 e. The number of carbonyl (C=O) groups is 1. The summed E-state index contributed by atoms with van der Waals surface area (Å²) < 4.78 is 0. The van der Waals surface area contributed by atoms with Crippen molar-refractivity contribution in [3.8, 4) is 0 Å². The predicted molar refractivity (Wildman–Crippen MR) is 99.5 cm³/mol. The third-order valence-electron chi connectivity index (χ3n) is 3.63. The van der Waals surface area contributed by atoms with Gasteiger partial charge in [0.2, 0.25) is 0 Å². The van der Waals surface area contributed by atoms with E-state index in [2.05, 4.69) is 29.1 Å². The number of aryl methyl sites for hydroxylation is 1. The first-order valence-electron chi connectivity index (χ1n) is 7.86. The lowest BCUT2D eigenvalue weighted by molar-refractivity contribution is 0.103. The van der Waals surface area contributed by atoms with Gasteiger partial charge in [0.25, 0.3) is 5.91 Å². The molecule has 0 aromatic carbocycles. The Kier molecular flexibility index (Phi) is 4.49. The molecule has 3 heterocycles. The average molecular weight is 340 g/mol. The topological polar surface area (TPSA) is 80.9 Å². The molecule has 0 saturated carbocycles. The second-order valence-electron chi connectivity index (χ2n) is 6.27. The standard InChI is InChI=1S/C18H20N4OS/c1-10(2)8-12-4-5-13-15(19)16(24-18(13)21-12)17(23)22-14-9-11(3)6-7-20-14/h4-7,9-10H,8,19H2,1-3H3,(H,20,22,23). The minimum Gasteiger partial charge on any atom is -0.397 e. The molecule has 0 radical (unpaired) electrons. The Morgan fingerprint density at radius 2 is 2.12 bits per heavy atom. The van der Waals surface area contributed by atoms with Gasteiger partial charge >= 0.3 is 0 Å². The molecule has 0 spiro atoms. The first kappa shape index (κ1) is 16.4. The summed E-state index contributed by atoms with van der Waals surface area (Å²) in [6, 6.07) is 7.63. The van der Waals surface area contributed by atoms with Crippen LogP contribution in [0, 0.1) is 12.8 Å². The highest BCUT2D eigenvalue weighted by atomic mass is 32.1. The van der Waals surface area contributed by atoms with Gasteiger partial charge in [-0.15, -0.1) is 11.3 Å². The second-order valence-corrected chi connectivity index (χ2v) is 7.27. The normalized spacial score (nSPS) is 11.2. The molecular weight excluding hydrogens is 320 g/mol. The van der Waals surface area contributed by atoms with E-state index in [1.807, 2.05) is 31.2 Å². The Labute approximate surface area is 144 Å². The molecule has 0 aliphatic carbocycles. The summed E-state index contributed by atoms with van der Waals surface area (Å²) in [6.07, 6.45) is 2.57. The van der Waals surface area contributed by atoms with Crippen molar-refractivity contribution in [3.05, 3.63) is 46.6 Å². The van der Waals surface area contributed by atoms with Gasteiger partial charge in [-0.05, 0) is 49.1 Å². The van der Waals surface area contributed by atoms with E-state index < -0.39 is 0 Å². The highest BCUT2D eigenvalue weighted by Crippen LogP contribution is 2.33. The first-order chi connectivity index (χ1) is 11.4. The van der Waals surface area contributed by atoms with Crippen molar-refractivity contribution in [2.75, 3.05) is 11.1 Å². The van der Waals surface area contributed by atoms with Crippen molar-refractivity contribution in [2.24, 2.45) is 5.92 Å². The van der Waals surface area contributed by atoms with Crippen LogP contribution in [0.2, 0.25) is 0 Å². The molecule has 3 aromatic rings. The third-order valence-corrected chi connectivity index (χ3v) is 4.75. The molecule has 24 heavy (non-hydrogen) atoms. The Hall–Kier alpha value is -2.47. The van der Waals surface area contributed by atoms with Crippen LogP contribution < -0.4 is 11.1 Å². The molecular formula is C18H20N4OS. The smallest absolute Gasteiger partial charge is 0.269 e. The molecule has 0 aliphatic rings. The van der Waals surface area contributed by atoms with E-state index in [9.17, 15) is 4.79 Å². The summed E-state index contributed by atoms with van der Waals surface area (Å²) >= 11 is 1.32. The molecule has 3 N–H and O–H groups in total. The van der Waals surface area contributed by atoms with Gasteiger partial charge in [0.15, 0.2) is 0 Å². The molecule has 3 aromatic heterocycles. The minimum absolute atomic E-state index is 0.251. The van der Waals surface area contributed by atoms with Gasteiger partial charge in [0, 0.05) is 17.3 Å². The molecule has 0 aliphatic heterocycles. The van der Waals surface area contributed by atoms with Gasteiger partial charge in [-0.25, -0.2) is 9.97 Å². The van der Waals surface area contributed by atoms with Crippen LogP contribution in [0.15, 0.2) is 30.5 Å². The lowest BCUT2D eigenvalue weighted by Gasteiger charge is -2.04. The number of pyridine rings is 2. The van der Waals surface area contributed by atoms with E-state index in [0.717, 1.165) is 27.9 Å². The molecule has 124 valence electrons. The summed E-state index contributed by atoms with van der Waals surface area (Å²) in [6.45, 7) is 6.26. The maximum atomic E-state index is 12.5. The van der Waals surface area contributed by atoms with Crippen LogP contribution in [0.4, 0.5) is 11.5 Å². The van der Waals surface area contributed by atoms with Crippen molar-refractivity contribution < 1.29 is 4.79 Å². The Morgan fingerprint density at radius 1 is 1.33 bits per heavy atom. The van der Waals surface area contributed by atoms with Crippen molar-refractivity contribution in [3.63, 3.8) is 0 Å². The minimum atomic E-state index is -0.251. The maximum Gasteiger partial charge on any atom is 0.269 e. The van der Waals surface area contributed by atoms with E-state index in [4.69, 9.17) is 5.73 Å². The summed E-state index contributed by atoms with van der Waals surface area (Å²) in [5, 5.41) is 3.63.